The average Bonchev–Trinajstić information content (AvgIpc) is 2.46. The van der Waals surface area contributed by atoms with Crippen LogP contribution in [0.3, 0.4) is 0 Å². The van der Waals surface area contributed by atoms with Gasteiger partial charge in [0.15, 0.2) is 0 Å². The Hall–Kier alpha value is 0.0200. The molecule has 0 aliphatic heterocycles. The monoisotopic (exact) mass is 214 g/mol. The van der Waals surface area contributed by atoms with Crippen molar-refractivity contribution in [3.8, 4) is 0 Å². The molecule has 1 nitrogen and oxygen atoms in total. The van der Waals surface area contributed by atoms with Gasteiger partial charge in [-0.25, -0.2) is 0 Å². The Bertz CT molecular complexity index is 160. The molecule has 0 bridgehead atoms. The van der Waals surface area contributed by atoms with Crippen LogP contribution in [0.2, 0.25) is 0 Å². The average molecular weight is 214 g/mol. The minimum atomic E-state index is 0.404. The summed E-state index contributed by atoms with van der Waals surface area (Å²) in [6.45, 7) is 2.17. The van der Waals surface area contributed by atoms with Gasteiger partial charge in [0.1, 0.15) is 5.78 Å². The Labute approximate surface area is 92.0 Å². The van der Waals surface area contributed by atoms with E-state index in [1.165, 1.54) is 32.1 Å². The number of hydrogen-bond donors (Lipinski definition) is 0. The highest BCUT2D eigenvalue weighted by Crippen LogP contribution is 2.24. The van der Waals surface area contributed by atoms with Crippen molar-refractivity contribution in [3.05, 3.63) is 0 Å². The molecule has 2 heteroatoms. The molecule has 1 fully saturated rings. The summed E-state index contributed by atoms with van der Waals surface area (Å²) < 4.78 is 0. The maximum Gasteiger partial charge on any atom is 0.145 e. The number of hydrogen-bond acceptors (Lipinski definition) is 2. The van der Waals surface area contributed by atoms with E-state index >= 15 is 0 Å². The van der Waals surface area contributed by atoms with Crippen molar-refractivity contribution in [2.45, 2.75) is 51.9 Å². The summed E-state index contributed by atoms with van der Waals surface area (Å²) in [4.78, 5) is 11.8. The predicted octanol–water partition coefficient (Wildman–Crippen LogP) is 3.67. The molecule has 0 N–H and O–H groups in total. The van der Waals surface area contributed by atoms with Crippen molar-refractivity contribution in [1.29, 1.82) is 0 Å². The van der Waals surface area contributed by atoms with Gasteiger partial charge >= 0.3 is 0 Å². The van der Waals surface area contributed by atoms with Gasteiger partial charge in [0.2, 0.25) is 0 Å². The molecule has 0 spiro atoms. The largest absolute Gasteiger partial charge is 0.298 e. The van der Waals surface area contributed by atoms with E-state index in [1.54, 1.807) is 0 Å². The molecule has 0 amide bonds. The Morgan fingerprint density at radius 2 is 1.86 bits per heavy atom. The highest BCUT2D eigenvalue weighted by atomic mass is 32.2. The normalized spacial score (nSPS) is 19.2. The fourth-order valence-corrected chi connectivity index (χ4v) is 2.91. The molecular weight excluding hydrogens is 192 g/mol. The van der Waals surface area contributed by atoms with Gasteiger partial charge in [0, 0.05) is 5.92 Å². The Balaban J connectivity index is 2.20. The molecule has 1 aliphatic rings. The van der Waals surface area contributed by atoms with Crippen molar-refractivity contribution in [1.82, 2.24) is 0 Å². The molecule has 1 rings (SSSR count). The fourth-order valence-electron chi connectivity index (χ4n) is 2.04. The van der Waals surface area contributed by atoms with Crippen LogP contribution >= 0.6 is 11.8 Å². The number of carbonyl (C=O) groups is 1. The molecule has 0 unspecified atom stereocenters. The third kappa shape index (κ3) is 4.50. The molecule has 0 radical (unpaired) electrons. The van der Waals surface area contributed by atoms with E-state index in [4.69, 9.17) is 0 Å². The van der Waals surface area contributed by atoms with Crippen LogP contribution in [0.1, 0.15) is 51.9 Å². The maximum atomic E-state index is 11.8. The molecule has 0 atom stereocenters. The minimum Gasteiger partial charge on any atom is -0.298 e. The Morgan fingerprint density at radius 3 is 2.43 bits per heavy atom. The van der Waals surface area contributed by atoms with E-state index in [0.717, 1.165) is 24.3 Å². The summed E-state index contributed by atoms with van der Waals surface area (Å²) in [7, 11) is 0. The van der Waals surface area contributed by atoms with Crippen LogP contribution in [-0.4, -0.2) is 17.3 Å². The zero-order valence-electron chi connectivity index (χ0n) is 9.26. The van der Waals surface area contributed by atoms with Crippen LogP contribution in [0, 0.1) is 5.92 Å². The summed E-state index contributed by atoms with van der Waals surface area (Å²) >= 11 is 1.81. The third-order valence-corrected chi connectivity index (χ3v) is 4.09. The van der Waals surface area contributed by atoms with Gasteiger partial charge in [0.05, 0.1) is 5.75 Å². The fraction of sp³-hybridized carbons (Fsp3) is 0.917. The van der Waals surface area contributed by atoms with Crippen LogP contribution < -0.4 is 0 Å². The second-order valence-electron chi connectivity index (χ2n) is 4.21. The topological polar surface area (TPSA) is 17.1 Å². The first kappa shape index (κ1) is 12.1. The smallest absolute Gasteiger partial charge is 0.145 e. The van der Waals surface area contributed by atoms with Gasteiger partial charge in [-0.3, -0.25) is 4.79 Å². The lowest BCUT2D eigenvalue weighted by molar-refractivity contribution is -0.120. The molecule has 82 valence electrons. The quantitative estimate of drug-likeness (QED) is 0.513. The molecule has 0 aromatic heterocycles. The van der Waals surface area contributed by atoms with E-state index in [9.17, 15) is 4.79 Å². The lowest BCUT2D eigenvalue weighted by Crippen LogP contribution is -2.16. The molecule has 0 aromatic rings. The van der Waals surface area contributed by atoms with E-state index in [0.29, 0.717) is 11.7 Å². The summed E-state index contributed by atoms with van der Waals surface area (Å²) in [6.07, 6.45) is 8.72. The lowest BCUT2D eigenvalue weighted by atomic mass is 9.96. The second kappa shape index (κ2) is 7.33. The van der Waals surface area contributed by atoms with Gasteiger partial charge in [0.25, 0.3) is 0 Å². The zero-order chi connectivity index (χ0) is 10.2. The molecule has 0 saturated heterocycles. The molecule has 0 heterocycles. The Kier molecular flexibility index (Phi) is 6.33. The van der Waals surface area contributed by atoms with Crippen LogP contribution in [0.25, 0.3) is 0 Å². The van der Waals surface area contributed by atoms with Crippen LogP contribution in [-0.2, 0) is 4.79 Å². The zero-order valence-corrected chi connectivity index (χ0v) is 10.1. The molecule has 1 aliphatic carbocycles. The first-order valence-electron chi connectivity index (χ1n) is 5.95. The number of Topliss-reactive ketones (excluding diaryl/α,β-unsaturated/α-hetero) is 1. The van der Waals surface area contributed by atoms with Gasteiger partial charge in [-0.15, -0.1) is 0 Å². The highest BCUT2D eigenvalue weighted by Gasteiger charge is 2.19. The van der Waals surface area contributed by atoms with E-state index in [1.807, 2.05) is 11.8 Å². The number of thioether (sulfide) groups is 1. The molecule has 0 aromatic carbocycles. The summed E-state index contributed by atoms with van der Waals surface area (Å²) in [6, 6.07) is 0. The molecule has 1 saturated carbocycles. The van der Waals surface area contributed by atoms with E-state index in [-0.39, 0.29) is 0 Å². The number of ketones is 1. The van der Waals surface area contributed by atoms with Gasteiger partial charge in [-0.2, -0.15) is 11.8 Å². The SMILES string of the molecule is CCCSCC(=O)C1CCCCCC1. The summed E-state index contributed by atoms with van der Waals surface area (Å²) in [5.41, 5.74) is 0. The molecular formula is C12H22OS. The first-order chi connectivity index (χ1) is 6.84. The van der Waals surface area contributed by atoms with Gasteiger partial charge < -0.3 is 0 Å². The van der Waals surface area contributed by atoms with Crippen molar-refractivity contribution in [2.24, 2.45) is 5.92 Å². The Morgan fingerprint density at radius 1 is 1.21 bits per heavy atom. The van der Waals surface area contributed by atoms with Crippen LogP contribution in [0.15, 0.2) is 0 Å². The maximum absolute atomic E-state index is 11.8. The van der Waals surface area contributed by atoms with Gasteiger partial charge in [-0.1, -0.05) is 32.6 Å². The predicted molar refractivity (Wildman–Crippen MR) is 63.8 cm³/mol. The summed E-state index contributed by atoms with van der Waals surface area (Å²) in [5.74, 6) is 2.82. The highest BCUT2D eigenvalue weighted by molar-refractivity contribution is 7.99. The van der Waals surface area contributed by atoms with Crippen LogP contribution in [0.4, 0.5) is 0 Å². The first-order valence-corrected chi connectivity index (χ1v) is 7.10. The van der Waals surface area contributed by atoms with Crippen molar-refractivity contribution < 1.29 is 4.79 Å². The summed E-state index contributed by atoms with van der Waals surface area (Å²) in [5, 5.41) is 0. The molecule has 14 heavy (non-hydrogen) atoms. The standard InChI is InChI=1S/C12H22OS/c1-2-9-14-10-12(13)11-7-5-3-4-6-8-11/h11H,2-10H2,1H3. The van der Waals surface area contributed by atoms with E-state index < -0.39 is 0 Å². The van der Waals surface area contributed by atoms with Gasteiger partial charge in [-0.05, 0) is 25.0 Å². The van der Waals surface area contributed by atoms with Crippen molar-refractivity contribution in [3.63, 3.8) is 0 Å². The van der Waals surface area contributed by atoms with E-state index in [2.05, 4.69) is 6.92 Å². The van der Waals surface area contributed by atoms with Crippen LogP contribution in [0.5, 0.6) is 0 Å². The van der Waals surface area contributed by atoms with Crippen molar-refractivity contribution in [2.75, 3.05) is 11.5 Å². The number of rotatable bonds is 5. The third-order valence-electron chi connectivity index (χ3n) is 2.90. The van der Waals surface area contributed by atoms with Crippen molar-refractivity contribution >= 4 is 17.5 Å². The second-order valence-corrected chi connectivity index (χ2v) is 5.31. The minimum absolute atomic E-state index is 0.404. The number of carbonyl (C=O) groups excluding carboxylic acids is 1. The lowest BCUT2D eigenvalue weighted by Gasteiger charge is -2.11.